The summed E-state index contributed by atoms with van der Waals surface area (Å²) < 4.78 is 19.4. The SMILES string of the molecule is COc1ccc(Br)c(C(=O)Cc2c(F)cccc2Cl)c1. The molecule has 0 saturated heterocycles. The van der Waals surface area contributed by atoms with Gasteiger partial charge in [-0.05, 0) is 30.3 Å². The van der Waals surface area contributed by atoms with Crippen molar-refractivity contribution in [3.8, 4) is 5.75 Å². The van der Waals surface area contributed by atoms with Gasteiger partial charge in [-0.25, -0.2) is 4.39 Å². The average Bonchev–Trinajstić information content (AvgIpc) is 2.43. The normalized spacial score (nSPS) is 10.4. The molecule has 0 aliphatic carbocycles. The van der Waals surface area contributed by atoms with Crippen molar-refractivity contribution in [1.82, 2.24) is 0 Å². The summed E-state index contributed by atoms with van der Waals surface area (Å²) in [5.74, 6) is -0.149. The van der Waals surface area contributed by atoms with Crippen LogP contribution in [0, 0.1) is 5.82 Å². The summed E-state index contributed by atoms with van der Waals surface area (Å²) in [5.41, 5.74) is 0.637. The van der Waals surface area contributed by atoms with E-state index in [2.05, 4.69) is 15.9 Å². The van der Waals surface area contributed by atoms with Gasteiger partial charge < -0.3 is 4.74 Å². The lowest BCUT2D eigenvalue weighted by Gasteiger charge is -2.08. The first-order chi connectivity index (χ1) is 9.52. The minimum Gasteiger partial charge on any atom is -0.497 e. The molecule has 0 spiro atoms. The molecular weight excluding hydrogens is 347 g/mol. The van der Waals surface area contributed by atoms with Crippen LogP contribution >= 0.6 is 27.5 Å². The molecule has 0 fully saturated rings. The molecule has 0 unspecified atom stereocenters. The van der Waals surface area contributed by atoms with Gasteiger partial charge in [-0.3, -0.25) is 4.79 Å². The van der Waals surface area contributed by atoms with Gasteiger partial charge in [-0.2, -0.15) is 0 Å². The van der Waals surface area contributed by atoms with E-state index in [4.69, 9.17) is 16.3 Å². The minimum absolute atomic E-state index is 0.0999. The predicted molar refractivity (Wildman–Crippen MR) is 80.1 cm³/mol. The van der Waals surface area contributed by atoms with Gasteiger partial charge in [0.2, 0.25) is 0 Å². The lowest BCUT2D eigenvalue weighted by atomic mass is 10.0. The lowest BCUT2D eigenvalue weighted by Crippen LogP contribution is -2.07. The maximum Gasteiger partial charge on any atom is 0.168 e. The Balaban J connectivity index is 2.33. The number of hydrogen-bond acceptors (Lipinski definition) is 2. The number of rotatable bonds is 4. The van der Waals surface area contributed by atoms with E-state index in [9.17, 15) is 9.18 Å². The largest absolute Gasteiger partial charge is 0.497 e. The molecule has 2 aromatic rings. The molecule has 2 nitrogen and oxygen atoms in total. The summed E-state index contributed by atoms with van der Waals surface area (Å²) >= 11 is 9.24. The van der Waals surface area contributed by atoms with Gasteiger partial charge in [0.1, 0.15) is 11.6 Å². The molecule has 0 heterocycles. The van der Waals surface area contributed by atoms with Gasteiger partial charge in [0, 0.05) is 27.0 Å². The number of hydrogen-bond donors (Lipinski definition) is 0. The number of carbonyl (C=O) groups excluding carboxylic acids is 1. The van der Waals surface area contributed by atoms with Crippen LogP contribution in [0.4, 0.5) is 4.39 Å². The summed E-state index contributed by atoms with van der Waals surface area (Å²) in [5, 5.41) is 0.248. The van der Waals surface area contributed by atoms with Crippen molar-refractivity contribution in [2.75, 3.05) is 7.11 Å². The Bertz CT molecular complexity index is 638. The highest BCUT2D eigenvalue weighted by Gasteiger charge is 2.16. The van der Waals surface area contributed by atoms with E-state index in [1.165, 1.54) is 19.2 Å². The molecule has 2 aromatic carbocycles. The third-order valence-electron chi connectivity index (χ3n) is 2.87. The predicted octanol–water partition coefficient (Wildman–Crippen LogP) is 4.68. The molecule has 20 heavy (non-hydrogen) atoms. The van der Waals surface area contributed by atoms with Crippen molar-refractivity contribution in [1.29, 1.82) is 0 Å². The highest BCUT2D eigenvalue weighted by molar-refractivity contribution is 9.10. The van der Waals surface area contributed by atoms with Gasteiger partial charge in [-0.15, -0.1) is 0 Å². The maximum atomic E-state index is 13.7. The van der Waals surface area contributed by atoms with Crippen LogP contribution in [0.5, 0.6) is 5.75 Å². The van der Waals surface area contributed by atoms with Crippen LogP contribution in [0.3, 0.4) is 0 Å². The number of halogens is 3. The zero-order chi connectivity index (χ0) is 14.7. The second-order valence-electron chi connectivity index (χ2n) is 4.15. The molecule has 104 valence electrons. The molecule has 0 saturated carbocycles. The van der Waals surface area contributed by atoms with Crippen LogP contribution < -0.4 is 4.74 Å². The highest BCUT2D eigenvalue weighted by Crippen LogP contribution is 2.26. The van der Waals surface area contributed by atoms with Crippen LogP contribution in [0.25, 0.3) is 0 Å². The Morgan fingerprint density at radius 2 is 2.10 bits per heavy atom. The Morgan fingerprint density at radius 3 is 2.75 bits per heavy atom. The van der Waals surface area contributed by atoms with Gasteiger partial charge in [-0.1, -0.05) is 33.6 Å². The summed E-state index contributed by atoms with van der Waals surface area (Å²) in [4.78, 5) is 12.3. The third-order valence-corrected chi connectivity index (χ3v) is 3.92. The molecule has 0 aliphatic heterocycles. The van der Waals surface area contributed by atoms with E-state index < -0.39 is 5.82 Å². The van der Waals surface area contributed by atoms with Crippen LogP contribution in [0.2, 0.25) is 5.02 Å². The quantitative estimate of drug-likeness (QED) is 0.743. The lowest BCUT2D eigenvalue weighted by molar-refractivity contribution is 0.0990. The molecule has 0 amide bonds. The first-order valence-electron chi connectivity index (χ1n) is 5.82. The van der Waals surface area contributed by atoms with Gasteiger partial charge in [0.15, 0.2) is 5.78 Å². The van der Waals surface area contributed by atoms with E-state index in [1.807, 2.05) is 0 Å². The Kier molecular flexibility index (Phi) is 4.78. The van der Waals surface area contributed by atoms with Crippen molar-refractivity contribution < 1.29 is 13.9 Å². The van der Waals surface area contributed by atoms with E-state index in [0.29, 0.717) is 15.8 Å². The number of Topliss-reactive ketones (excluding diaryl/α,β-unsaturated/α-hetero) is 1. The fourth-order valence-corrected chi connectivity index (χ4v) is 2.50. The number of methoxy groups -OCH3 is 1. The fourth-order valence-electron chi connectivity index (χ4n) is 1.80. The topological polar surface area (TPSA) is 26.3 Å². The van der Waals surface area contributed by atoms with Crippen molar-refractivity contribution in [3.63, 3.8) is 0 Å². The number of carbonyl (C=O) groups is 1. The second-order valence-corrected chi connectivity index (χ2v) is 5.41. The van der Waals surface area contributed by atoms with Crippen molar-refractivity contribution in [2.24, 2.45) is 0 Å². The molecule has 0 N–H and O–H groups in total. The van der Waals surface area contributed by atoms with E-state index in [-0.39, 0.29) is 22.8 Å². The van der Waals surface area contributed by atoms with E-state index in [1.54, 1.807) is 24.3 Å². The molecule has 0 aliphatic rings. The van der Waals surface area contributed by atoms with Crippen LogP contribution in [0.1, 0.15) is 15.9 Å². The van der Waals surface area contributed by atoms with Gasteiger partial charge in [0.25, 0.3) is 0 Å². The van der Waals surface area contributed by atoms with Gasteiger partial charge >= 0.3 is 0 Å². The zero-order valence-corrected chi connectivity index (χ0v) is 13.0. The summed E-state index contributed by atoms with van der Waals surface area (Å²) in [6.07, 6.45) is -0.0999. The van der Waals surface area contributed by atoms with E-state index >= 15 is 0 Å². The average molecular weight is 358 g/mol. The van der Waals surface area contributed by atoms with Crippen LogP contribution in [-0.4, -0.2) is 12.9 Å². The maximum absolute atomic E-state index is 13.7. The monoisotopic (exact) mass is 356 g/mol. The molecule has 0 radical (unpaired) electrons. The molecule has 0 bridgehead atoms. The van der Waals surface area contributed by atoms with Crippen molar-refractivity contribution in [2.45, 2.75) is 6.42 Å². The smallest absolute Gasteiger partial charge is 0.168 e. The Morgan fingerprint density at radius 1 is 1.35 bits per heavy atom. The Labute approximate surface area is 129 Å². The second kappa shape index (κ2) is 6.37. The molecule has 0 atom stereocenters. The fraction of sp³-hybridized carbons (Fsp3) is 0.133. The standard InChI is InChI=1S/C15H11BrClFO2/c1-20-9-5-6-12(16)10(7-9)15(19)8-11-13(17)3-2-4-14(11)18/h2-7H,8H2,1H3. The van der Waals surface area contributed by atoms with Crippen molar-refractivity contribution in [3.05, 3.63) is 62.8 Å². The summed E-state index contributed by atoms with van der Waals surface area (Å²) in [7, 11) is 1.52. The Hall–Kier alpha value is -1.39. The van der Waals surface area contributed by atoms with Crippen LogP contribution in [-0.2, 0) is 6.42 Å². The number of ketones is 1. The first kappa shape index (κ1) is 15.0. The highest BCUT2D eigenvalue weighted by atomic mass is 79.9. The zero-order valence-electron chi connectivity index (χ0n) is 10.6. The third kappa shape index (κ3) is 3.19. The van der Waals surface area contributed by atoms with Crippen molar-refractivity contribution >= 4 is 33.3 Å². The molecular formula is C15H11BrClFO2. The summed E-state index contributed by atoms with van der Waals surface area (Å²) in [6, 6.07) is 9.42. The number of benzene rings is 2. The first-order valence-corrected chi connectivity index (χ1v) is 6.99. The molecule has 5 heteroatoms. The molecule has 2 rings (SSSR count). The van der Waals surface area contributed by atoms with Gasteiger partial charge in [0.05, 0.1) is 7.11 Å². The van der Waals surface area contributed by atoms with E-state index in [0.717, 1.165) is 0 Å². The summed E-state index contributed by atoms with van der Waals surface area (Å²) in [6.45, 7) is 0. The minimum atomic E-state index is -0.482. The molecule has 0 aromatic heterocycles. The van der Waals surface area contributed by atoms with Crippen LogP contribution in [0.15, 0.2) is 40.9 Å². The number of ether oxygens (including phenoxy) is 1.